The molecule has 32 heavy (non-hydrogen) atoms. The Morgan fingerprint density at radius 3 is 2.28 bits per heavy atom. The third-order valence-corrected chi connectivity index (χ3v) is 5.76. The second kappa shape index (κ2) is 8.52. The van der Waals surface area contributed by atoms with Crippen molar-refractivity contribution >= 4 is 52.0 Å². The molecule has 0 aromatic heterocycles. The van der Waals surface area contributed by atoms with Crippen LogP contribution in [0.25, 0.3) is 0 Å². The molecule has 2 aromatic carbocycles. The number of halogens is 4. The smallest absolute Gasteiger partial charge is 0.304 e. The van der Waals surface area contributed by atoms with Gasteiger partial charge in [0.05, 0.1) is 28.8 Å². The highest BCUT2D eigenvalue weighted by Gasteiger charge is 2.50. The average molecular weight is 480 g/mol. The first-order valence-electron chi connectivity index (χ1n) is 9.38. The zero-order chi connectivity index (χ0) is 23.8. The average Bonchev–Trinajstić information content (AvgIpc) is 2.91. The van der Waals surface area contributed by atoms with Crippen LogP contribution in [-0.4, -0.2) is 28.2 Å². The summed E-state index contributed by atoms with van der Waals surface area (Å²) in [5, 5.41) is 9.02. The molecule has 2 aromatic rings. The fraction of sp³-hybridized carbons (Fsp3) is 0.273. The number of Topliss-reactive ketones (excluding diaryl/α,β-unsaturated/α-hetero) is 1. The fourth-order valence-corrected chi connectivity index (χ4v) is 4.11. The largest absolute Gasteiger partial charge is 0.417 e. The lowest BCUT2D eigenvalue weighted by Crippen LogP contribution is -2.44. The van der Waals surface area contributed by atoms with E-state index in [9.17, 15) is 22.8 Å². The normalized spacial score (nSPS) is 15.8. The zero-order valence-corrected chi connectivity index (χ0v) is 18.6. The van der Waals surface area contributed by atoms with Crippen molar-refractivity contribution in [2.75, 3.05) is 15.7 Å². The van der Waals surface area contributed by atoms with Crippen LogP contribution in [0.2, 0.25) is 0 Å². The highest BCUT2D eigenvalue weighted by Crippen LogP contribution is 2.39. The van der Waals surface area contributed by atoms with Gasteiger partial charge in [-0.25, -0.2) is 0 Å². The summed E-state index contributed by atoms with van der Waals surface area (Å²) in [6, 6.07) is 11.3. The molecule has 5 nitrogen and oxygen atoms in total. The Kier molecular flexibility index (Phi) is 6.31. The molecule has 3 rings (SSSR count). The van der Waals surface area contributed by atoms with Gasteiger partial charge < -0.3 is 4.90 Å². The lowest BCUT2D eigenvalue weighted by Gasteiger charge is -2.29. The monoisotopic (exact) mass is 479 g/mol. The highest BCUT2D eigenvalue weighted by atomic mass is 35.5. The molecule has 1 amide bonds. The summed E-state index contributed by atoms with van der Waals surface area (Å²) < 4.78 is 40.2. The summed E-state index contributed by atoms with van der Waals surface area (Å²) in [7, 11) is 0. The summed E-state index contributed by atoms with van der Waals surface area (Å²) in [6.07, 6.45) is -4.61. The number of hydrogen-bond donors (Lipinski definition) is 0. The second-order valence-corrected chi connectivity index (χ2v) is 8.30. The Balaban J connectivity index is 2.01. The predicted octanol–water partition coefficient (Wildman–Crippen LogP) is 4.84. The van der Waals surface area contributed by atoms with Gasteiger partial charge in [0.15, 0.2) is 10.9 Å². The minimum absolute atomic E-state index is 0.00224. The number of amides is 1. The molecule has 1 heterocycles. The van der Waals surface area contributed by atoms with Gasteiger partial charge in [-0.15, -0.1) is 11.6 Å². The summed E-state index contributed by atoms with van der Waals surface area (Å²) >= 11 is 11.0. The quantitative estimate of drug-likeness (QED) is 0.453. The van der Waals surface area contributed by atoms with E-state index >= 15 is 0 Å². The van der Waals surface area contributed by atoms with E-state index in [1.165, 1.54) is 12.1 Å². The molecule has 1 aliphatic heterocycles. The Labute approximate surface area is 193 Å². The number of thiocarbonyl (C=S) groups is 1. The molecule has 0 unspecified atom stereocenters. The Morgan fingerprint density at radius 1 is 1.16 bits per heavy atom. The van der Waals surface area contributed by atoms with Crippen LogP contribution in [0.1, 0.15) is 30.5 Å². The van der Waals surface area contributed by atoms with E-state index < -0.39 is 28.7 Å². The van der Waals surface area contributed by atoms with Gasteiger partial charge in [-0.3, -0.25) is 14.5 Å². The van der Waals surface area contributed by atoms with Crippen molar-refractivity contribution in [2.24, 2.45) is 0 Å². The number of carbonyl (C=O) groups is 2. The van der Waals surface area contributed by atoms with Crippen molar-refractivity contribution in [1.82, 2.24) is 0 Å². The number of hydrogen-bond acceptors (Lipinski definition) is 4. The topological polar surface area (TPSA) is 64.4 Å². The minimum Gasteiger partial charge on any atom is -0.304 e. The van der Waals surface area contributed by atoms with Crippen LogP contribution in [0.15, 0.2) is 42.5 Å². The number of nitriles is 1. The van der Waals surface area contributed by atoms with E-state index in [0.717, 1.165) is 22.6 Å². The first-order valence-corrected chi connectivity index (χ1v) is 10.3. The fourth-order valence-electron chi connectivity index (χ4n) is 3.50. The van der Waals surface area contributed by atoms with Gasteiger partial charge >= 0.3 is 6.18 Å². The van der Waals surface area contributed by atoms with Gasteiger partial charge in [-0.2, -0.15) is 18.4 Å². The SMILES string of the molecule is CC1(C)C(=O)N(c2ccc(C#N)c(C(F)(F)F)c2)C(=S)N1c1ccc(CC(=O)CCl)cc1. The number of alkyl halides is 4. The number of ketones is 1. The van der Waals surface area contributed by atoms with E-state index in [1.807, 2.05) is 0 Å². The molecule has 166 valence electrons. The molecule has 1 saturated heterocycles. The molecule has 0 bridgehead atoms. The predicted molar refractivity (Wildman–Crippen MR) is 119 cm³/mol. The van der Waals surface area contributed by atoms with Gasteiger partial charge in [-0.05, 0) is 62.0 Å². The molecule has 0 saturated carbocycles. The first kappa shape index (κ1) is 23.7. The molecule has 0 spiro atoms. The van der Waals surface area contributed by atoms with Crippen molar-refractivity contribution in [3.05, 3.63) is 59.2 Å². The van der Waals surface area contributed by atoms with Crippen LogP contribution in [0.5, 0.6) is 0 Å². The van der Waals surface area contributed by atoms with Crippen molar-refractivity contribution in [2.45, 2.75) is 32.0 Å². The third kappa shape index (κ3) is 4.20. The van der Waals surface area contributed by atoms with E-state index in [2.05, 4.69) is 0 Å². The van der Waals surface area contributed by atoms with Crippen LogP contribution in [0, 0.1) is 11.3 Å². The van der Waals surface area contributed by atoms with Gasteiger partial charge in [0.25, 0.3) is 5.91 Å². The van der Waals surface area contributed by atoms with E-state index in [1.54, 1.807) is 43.0 Å². The molecular weight excluding hydrogens is 463 g/mol. The highest BCUT2D eigenvalue weighted by molar-refractivity contribution is 7.81. The molecule has 10 heteroatoms. The van der Waals surface area contributed by atoms with Crippen molar-refractivity contribution in [1.29, 1.82) is 5.26 Å². The molecule has 0 N–H and O–H groups in total. The maximum absolute atomic E-state index is 13.4. The summed E-state index contributed by atoms with van der Waals surface area (Å²) in [5.74, 6) is -0.750. The van der Waals surface area contributed by atoms with Crippen LogP contribution in [0.4, 0.5) is 24.5 Å². The second-order valence-electron chi connectivity index (χ2n) is 7.67. The van der Waals surface area contributed by atoms with Crippen molar-refractivity contribution in [3.63, 3.8) is 0 Å². The van der Waals surface area contributed by atoms with Crippen LogP contribution in [-0.2, 0) is 22.2 Å². The van der Waals surface area contributed by atoms with Gasteiger partial charge in [-0.1, -0.05) is 12.1 Å². The number of anilines is 2. The van der Waals surface area contributed by atoms with E-state index in [-0.39, 0.29) is 28.9 Å². The third-order valence-electron chi connectivity index (χ3n) is 5.10. The number of rotatable bonds is 5. The van der Waals surface area contributed by atoms with Gasteiger partial charge in [0.1, 0.15) is 5.54 Å². The lowest BCUT2D eigenvalue weighted by molar-refractivity contribution is -0.137. The molecule has 1 aliphatic rings. The van der Waals surface area contributed by atoms with Crippen LogP contribution < -0.4 is 9.80 Å². The number of nitrogens with zero attached hydrogens (tertiary/aromatic N) is 3. The summed E-state index contributed by atoms with van der Waals surface area (Å²) in [6.45, 7) is 3.22. The number of carbonyl (C=O) groups excluding carboxylic acids is 2. The van der Waals surface area contributed by atoms with Gasteiger partial charge in [0, 0.05) is 12.1 Å². The lowest BCUT2D eigenvalue weighted by atomic mass is 10.0. The maximum Gasteiger partial charge on any atom is 0.417 e. The van der Waals surface area contributed by atoms with Crippen LogP contribution >= 0.6 is 23.8 Å². The Hall–Kier alpha value is -2.96. The molecule has 0 aliphatic carbocycles. The first-order chi connectivity index (χ1) is 14.9. The standard InChI is InChI=1S/C22H17ClF3N3O2S/c1-21(2)19(31)28(16-8-5-14(12-27)18(10-16)22(24,25)26)20(32)29(21)15-6-3-13(4-7-15)9-17(30)11-23/h3-8,10H,9,11H2,1-2H3. The molecule has 0 radical (unpaired) electrons. The molecular formula is C22H17ClF3N3O2S. The zero-order valence-electron chi connectivity index (χ0n) is 17.0. The van der Waals surface area contributed by atoms with E-state index in [0.29, 0.717) is 5.69 Å². The Morgan fingerprint density at radius 2 is 1.75 bits per heavy atom. The minimum atomic E-state index is -4.77. The van der Waals surface area contributed by atoms with Gasteiger partial charge in [0.2, 0.25) is 0 Å². The Bertz CT molecular complexity index is 1140. The molecule has 0 atom stereocenters. The van der Waals surface area contributed by atoms with E-state index in [4.69, 9.17) is 29.1 Å². The molecule has 1 fully saturated rings. The van der Waals surface area contributed by atoms with Crippen molar-refractivity contribution < 1.29 is 22.8 Å². The maximum atomic E-state index is 13.4. The summed E-state index contributed by atoms with van der Waals surface area (Å²) in [4.78, 5) is 27.3. The van der Waals surface area contributed by atoms with Crippen molar-refractivity contribution in [3.8, 4) is 6.07 Å². The van der Waals surface area contributed by atoms with Crippen LogP contribution in [0.3, 0.4) is 0 Å². The number of benzene rings is 2. The summed E-state index contributed by atoms with van der Waals surface area (Å²) in [5.41, 5.74) is -1.67.